The summed E-state index contributed by atoms with van der Waals surface area (Å²) in [4.78, 5) is 10.6. The lowest BCUT2D eigenvalue weighted by atomic mass is 10.1. The molecule has 0 aromatic carbocycles. The minimum Gasteiger partial charge on any atom is -0.750 e. The molecule has 0 N–H and O–H groups in total. The number of unbranched alkanes of at least 4 members (excludes halogenated alkanes) is 4. The van der Waals surface area contributed by atoms with E-state index in [9.17, 15) is 13.6 Å². The van der Waals surface area contributed by atoms with Crippen molar-refractivity contribution in [2.45, 2.75) is 32.1 Å². The molecule has 0 aliphatic rings. The van der Waals surface area contributed by atoms with Gasteiger partial charge >= 0.3 is 5.97 Å². The van der Waals surface area contributed by atoms with Gasteiger partial charge in [0.2, 0.25) is 0 Å². The van der Waals surface area contributed by atoms with Crippen LogP contribution in [0.2, 0.25) is 0 Å². The molecule has 0 radical (unpaired) electrons. The van der Waals surface area contributed by atoms with Crippen molar-refractivity contribution in [2.24, 2.45) is 0 Å². The molecule has 1 unspecified atom stereocenters. The molecule has 0 fully saturated rings. The molecule has 0 bridgehead atoms. The van der Waals surface area contributed by atoms with Crippen LogP contribution in [0.5, 0.6) is 0 Å². The quantitative estimate of drug-likeness (QED) is 0.254. The van der Waals surface area contributed by atoms with Gasteiger partial charge in [-0.25, -0.2) is 9.00 Å². The molecule has 0 rings (SSSR count). The van der Waals surface area contributed by atoms with E-state index < -0.39 is 17.3 Å². The second-order valence-electron chi connectivity index (χ2n) is 3.17. The van der Waals surface area contributed by atoms with E-state index in [1.54, 1.807) is 0 Å². The van der Waals surface area contributed by atoms with Crippen LogP contribution in [0.1, 0.15) is 32.1 Å². The molecule has 0 aromatic rings. The van der Waals surface area contributed by atoms with Crippen molar-refractivity contribution in [3.05, 3.63) is 12.7 Å². The summed E-state index contributed by atoms with van der Waals surface area (Å²) in [6.07, 6.45) is 5.51. The Morgan fingerprint density at radius 2 is 1.75 bits per heavy atom. The number of hydrogen-bond acceptors (Lipinski definition) is 5. The average molecular weight is 249 g/mol. The van der Waals surface area contributed by atoms with Crippen molar-refractivity contribution >= 4 is 17.3 Å². The first-order chi connectivity index (χ1) is 7.66. The molecule has 6 heteroatoms. The van der Waals surface area contributed by atoms with Crippen molar-refractivity contribution in [3.63, 3.8) is 0 Å². The number of carbonyl (C=O) groups is 1. The Hall–Kier alpha value is -0.720. The van der Waals surface area contributed by atoms with Crippen molar-refractivity contribution in [3.8, 4) is 0 Å². The molecule has 0 aromatic heterocycles. The number of rotatable bonds is 10. The Morgan fingerprint density at radius 1 is 1.19 bits per heavy atom. The van der Waals surface area contributed by atoms with E-state index in [1.165, 1.54) is 0 Å². The highest BCUT2D eigenvalue weighted by Gasteiger charge is 1.95. The van der Waals surface area contributed by atoms with Gasteiger partial charge in [-0.1, -0.05) is 25.8 Å². The molecular formula is C10H17O5S-. The van der Waals surface area contributed by atoms with E-state index in [4.69, 9.17) is 4.74 Å². The summed E-state index contributed by atoms with van der Waals surface area (Å²) in [5.74, 6) is -0.397. The molecule has 0 amide bonds. The lowest BCUT2D eigenvalue weighted by Gasteiger charge is -2.05. The number of ether oxygens (including phenoxy) is 1. The number of carbonyl (C=O) groups excluding carboxylic acids is 1. The average Bonchev–Trinajstić information content (AvgIpc) is 2.26. The van der Waals surface area contributed by atoms with Crippen molar-refractivity contribution in [1.29, 1.82) is 0 Å². The highest BCUT2D eigenvalue weighted by atomic mass is 32.2. The zero-order valence-electron chi connectivity index (χ0n) is 9.18. The largest absolute Gasteiger partial charge is 0.750 e. The summed E-state index contributed by atoms with van der Waals surface area (Å²) >= 11 is -2.40. The molecule has 94 valence electrons. The molecule has 0 saturated heterocycles. The van der Waals surface area contributed by atoms with E-state index in [1.807, 2.05) is 0 Å². The zero-order valence-corrected chi connectivity index (χ0v) is 10.0. The second kappa shape index (κ2) is 10.8. The van der Waals surface area contributed by atoms with Crippen molar-refractivity contribution in [1.82, 2.24) is 0 Å². The van der Waals surface area contributed by atoms with E-state index >= 15 is 0 Å². The maximum absolute atomic E-state index is 10.6. The first-order valence-corrected chi connectivity index (χ1v) is 6.18. The summed E-state index contributed by atoms with van der Waals surface area (Å²) in [6, 6.07) is 0. The molecule has 0 saturated carbocycles. The predicted octanol–water partition coefficient (Wildman–Crippen LogP) is 1.48. The van der Waals surface area contributed by atoms with E-state index in [2.05, 4.69) is 10.8 Å². The van der Waals surface area contributed by atoms with Gasteiger partial charge in [-0.05, 0) is 12.8 Å². The molecule has 0 spiro atoms. The Morgan fingerprint density at radius 3 is 2.31 bits per heavy atom. The van der Waals surface area contributed by atoms with Gasteiger partial charge in [0.05, 0.1) is 24.6 Å². The van der Waals surface area contributed by atoms with Crippen LogP contribution in [-0.4, -0.2) is 27.9 Å². The maximum atomic E-state index is 10.6. The summed E-state index contributed by atoms with van der Waals surface area (Å²) in [5.41, 5.74) is 0. The van der Waals surface area contributed by atoms with Crippen molar-refractivity contribution in [2.75, 3.05) is 13.2 Å². The van der Waals surface area contributed by atoms with Gasteiger partial charge in [-0.3, -0.25) is 0 Å². The Labute approximate surface area is 98.3 Å². The second-order valence-corrected chi connectivity index (χ2v) is 3.81. The van der Waals surface area contributed by atoms with Crippen LogP contribution in [0, 0.1) is 0 Å². The van der Waals surface area contributed by atoms with Gasteiger partial charge in [-0.2, -0.15) is 0 Å². The molecule has 0 aliphatic carbocycles. The lowest BCUT2D eigenvalue weighted by Crippen LogP contribution is -2.01. The summed E-state index contributed by atoms with van der Waals surface area (Å²) in [7, 11) is 0. The monoisotopic (exact) mass is 249 g/mol. The Bertz CT molecular complexity index is 229. The Balaban J connectivity index is 3.07. The van der Waals surface area contributed by atoms with Crippen LogP contribution in [0.15, 0.2) is 12.7 Å². The van der Waals surface area contributed by atoms with Crippen LogP contribution >= 0.6 is 0 Å². The van der Waals surface area contributed by atoms with Gasteiger partial charge in [0.25, 0.3) is 0 Å². The van der Waals surface area contributed by atoms with Crippen LogP contribution in [0.4, 0.5) is 0 Å². The van der Waals surface area contributed by atoms with Gasteiger partial charge < -0.3 is 13.5 Å². The minimum atomic E-state index is -2.40. The third-order valence-corrected chi connectivity index (χ3v) is 2.24. The van der Waals surface area contributed by atoms with E-state index in [0.29, 0.717) is 6.61 Å². The first-order valence-electron chi connectivity index (χ1n) is 5.18. The topological polar surface area (TPSA) is 75.7 Å². The fraction of sp³-hybridized carbons (Fsp3) is 0.700. The Kier molecular flexibility index (Phi) is 10.3. The molecular weight excluding hydrogens is 232 g/mol. The maximum Gasteiger partial charge on any atom is 0.330 e. The van der Waals surface area contributed by atoms with Crippen LogP contribution < -0.4 is 0 Å². The molecule has 5 nitrogen and oxygen atoms in total. The highest BCUT2D eigenvalue weighted by molar-refractivity contribution is 7.74. The van der Waals surface area contributed by atoms with Gasteiger partial charge in [-0.15, -0.1) is 0 Å². The molecule has 1 atom stereocenters. The summed E-state index contributed by atoms with van der Waals surface area (Å²) in [6.45, 7) is 3.93. The van der Waals surface area contributed by atoms with E-state index in [0.717, 1.165) is 38.2 Å². The van der Waals surface area contributed by atoms with Crippen LogP contribution in [-0.2, 0) is 25.1 Å². The molecule has 16 heavy (non-hydrogen) atoms. The summed E-state index contributed by atoms with van der Waals surface area (Å²) in [5, 5.41) is 0. The lowest BCUT2D eigenvalue weighted by molar-refractivity contribution is -0.137. The minimum absolute atomic E-state index is 0.238. The highest BCUT2D eigenvalue weighted by Crippen LogP contribution is 2.03. The zero-order chi connectivity index (χ0) is 12.2. The third-order valence-electron chi connectivity index (χ3n) is 1.88. The van der Waals surface area contributed by atoms with Crippen LogP contribution in [0.25, 0.3) is 0 Å². The predicted molar refractivity (Wildman–Crippen MR) is 59.1 cm³/mol. The number of hydrogen-bond donors (Lipinski definition) is 0. The van der Waals surface area contributed by atoms with Gasteiger partial charge in [0.15, 0.2) is 0 Å². The normalized spacial score (nSPS) is 12.1. The van der Waals surface area contributed by atoms with Crippen molar-refractivity contribution < 1.29 is 22.5 Å². The standard InChI is InChI=1S/C10H18O5S/c1-2-10(11)14-8-6-4-3-5-7-9-15-16(12)13/h2H,1,3-9H2,(H,12,13)/p-1. The SMILES string of the molecule is C=CC(=O)OCCCCCCCOS(=O)[O-]. The molecule has 0 heterocycles. The summed E-state index contributed by atoms with van der Waals surface area (Å²) < 4.78 is 29.1. The van der Waals surface area contributed by atoms with Gasteiger partial charge in [0, 0.05) is 6.08 Å². The van der Waals surface area contributed by atoms with Crippen LogP contribution in [0.3, 0.4) is 0 Å². The number of esters is 1. The first kappa shape index (κ1) is 15.3. The fourth-order valence-electron chi connectivity index (χ4n) is 1.09. The third kappa shape index (κ3) is 11.4. The van der Waals surface area contributed by atoms with E-state index in [-0.39, 0.29) is 6.61 Å². The fourth-order valence-corrected chi connectivity index (χ4v) is 1.35. The van der Waals surface area contributed by atoms with Gasteiger partial charge in [0.1, 0.15) is 0 Å². The molecule has 0 aliphatic heterocycles. The smallest absolute Gasteiger partial charge is 0.330 e.